The van der Waals surface area contributed by atoms with E-state index in [-0.39, 0.29) is 6.61 Å². The number of rotatable bonds is 20. The van der Waals surface area contributed by atoms with E-state index in [0.717, 1.165) is 19.5 Å². The van der Waals surface area contributed by atoms with Crippen LogP contribution >= 0.6 is 0 Å². The van der Waals surface area contributed by atoms with Gasteiger partial charge >= 0.3 is 0 Å². The summed E-state index contributed by atoms with van der Waals surface area (Å²) in [7, 11) is 0. The maximum Gasteiger partial charge on any atom is 0.0840 e. The lowest BCUT2D eigenvalue weighted by molar-refractivity contribution is 0.242. The Balaban J connectivity index is 4.06. The van der Waals surface area contributed by atoms with E-state index >= 15 is 0 Å². The average molecular weight is 385 g/mol. The average Bonchev–Trinajstić information content (AvgIpc) is 2.66. The van der Waals surface area contributed by atoms with Crippen molar-refractivity contribution in [3.8, 4) is 0 Å². The fourth-order valence-electron chi connectivity index (χ4n) is 3.36. The van der Waals surface area contributed by atoms with Gasteiger partial charge in [-0.3, -0.25) is 0 Å². The first-order chi connectivity index (χ1) is 13.1. The molecule has 0 aliphatic carbocycles. The highest BCUT2D eigenvalue weighted by Crippen LogP contribution is 2.09. The van der Waals surface area contributed by atoms with Crippen LogP contribution in [0.1, 0.15) is 97.3 Å². The second-order valence-electron chi connectivity index (χ2n) is 7.83. The summed E-state index contributed by atoms with van der Waals surface area (Å²) in [6.07, 6.45) is 18.9. The van der Waals surface area contributed by atoms with Gasteiger partial charge in [0.25, 0.3) is 0 Å². The molecule has 0 amide bonds. The lowest BCUT2D eigenvalue weighted by Gasteiger charge is -2.24. The Morgan fingerprint density at radius 1 is 0.704 bits per heavy atom. The Kier molecular flexibility index (Phi) is 19.4. The maximum atomic E-state index is 8.96. The van der Waals surface area contributed by atoms with Gasteiger partial charge in [0.05, 0.1) is 12.3 Å². The molecule has 0 aromatic rings. The molecule has 0 saturated carbocycles. The van der Waals surface area contributed by atoms with Crippen LogP contribution in [0.5, 0.6) is 0 Å². The Morgan fingerprint density at radius 2 is 1.15 bits per heavy atom. The van der Waals surface area contributed by atoms with Crippen LogP contribution in [0, 0.1) is 0 Å². The Bertz CT molecular complexity index is 320. The number of unbranched alkanes of at least 4 members (excludes halogenated alkanes) is 10. The normalized spacial score (nSPS) is 12.1. The molecular weight excluding hydrogens is 336 g/mol. The van der Waals surface area contributed by atoms with Crippen LogP contribution in [0.25, 0.3) is 0 Å². The zero-order valence-corrected chi connectivity index (χ0v) is 18.3. The lowest BCUT2D eigenvalue weighted by atomic mass is 10.1. The number of hydrazine groups is 1. The highest BCUT2D eigenvalue weighted by atomic mass is 16.3. The van der Waals surface area contributed by atoms with Gasteiger partial charge < -0.3 is 20.7 Å². The lowest BCUT2D eigenvalue weighted by Crippen LogP contribution is -2.33. The molecule has 0 bridgehead atoms. The van der Waals surface area contributed by atoms with E-state index in [0.29, 0.717) is 5.70 Å². The van der Waals surface area contributed by atoms with Crippen molar-refractivity contribution in [2.45, 2.75) is 97.3 Å². The predicted octanol–water partition coefficient (Wildman–Crippen LogP) is 4.37. The number of aliphatic hydroxyl groups excluding tert-OH is 1. The minimum atomic E-state index is -0.143. The number of nitrogens with two attached hydrogens (primary N) is 2. The van der Waals surface area contributed by atoms with Gasteiger partial charge in [-0.05, 0) is 38.9 Å². The van der Waals surface area contributed by atoms with Crippen molar-refractivity contribution in [3.63, 3.8) is 0 Å². The van der Waals surface area contributed by atoms with Crippen LogP contribution in [0.2, 0.25) is 0 Å². The fourth-order valence-corrected chi connectivity index (χ4v) is 3.36. The third-order valence-electron chi connectivity index (χ3n) is 5.06. The topological polar surface area (TPSA) is 78.8 Å². The van der Waals surface area contributed by atoms with E-state index in [1.807, 2.05) is 0 Å². The molecule has 0 aliphatic heterocycles. The van der Waals surface area contributed by atoms with E-state index in [2.05, 4.69) is 18.7 Å². The van der Waals surface area contributed by atoms with Crippen LogP contribution in [0.3, 0.4) is 0 Å². The molecule has 0 aromatic carbocycles. The van der Waals surface area contributed by atoms with E-state index in [9.17, 15) is 0 Å². The summed E-state index contributed by atoms with van der Waals surface area (Å²) in [5.41, 5.74) is 6.03. The van der Waals surface area contributed by atoms with Crippen molar-refractivity contribution in [2.75, 3.05) is 32.8 Å². The Hall–Kier alpha value is -0.780. The van der Waals surface area contributed by atoms with Crippen molar-refractivity contribution < 1.29 is 5.11 Å². The number of hydrogen-bond donors (Lipinski definition) is 3. The number of aliphatic hydroxyl groups is 1. The standard InChI is InChI=1S/C22H48N4O/c1-3-5-7-9-11-13-16-25(17-14-12-10-8-6-4-2)18-15-19-26(24)20-22(23)21-27/h20,27H,3-19,21,23-24H2,1-2H3/b22-20-. The zero-order valence-electron chi connectivity index (χ0n) is 18.3. The molecule has 0 fully saturated rings. The van der Waals surface area contributed by atoms with Gasteiger partial charge in [0, 0.05) is 12.7 Å². The number of hydrogen-bond acceptors (Lipinski definition) is 5. The quantitative estimate of drug-likeness (QED) is 0.165. The third kappa shape index (κ3) is 18.4. The van der Waals surface area contributed by atoms with E-state index in [4.69, 9.17) is 16.7 Å². The SMILES string of the molecule is CCCCCCCCN(CCCCCCCC)CCCN(N)/C=C(\N)CO. The van der Waals surface area contributed by atoms with Crippen LogP contribution in [-0.4, -0.2) is 47.8 Å². The summed E-state index contributed by atoms with van der Waals surface area (Å²) in [6, 6.07) is 0. The molecule has 5 N–H and O–H groups in total. The molecule has 5 heteroatoms. The van der Waals surface area contributed by atoms with Gasteiger partial charge in [0.2, 0.25) is 0 Å². The largest absolute Gasteiger partial charge is 0.399 e. The van der Waals surface area contributed by atoms with Crippen molar-refractivity contribution in [1.82, 2.24) is 9.91 Å². The molecule has 5 nitrogen and oxygen atoms in total. The van der Waals surface area contributed by atoms with Gasteiger partial charge in [0.1, 0.15) is 0 Å². The molecule has 27 heavy (non-hydrogen) atoms. The van der Waals surface area contributed by atoms with Gasteiger partial charge in [-0.1, -0.05) is 78.1 Å². The molecular formula is C22H48N4O. The van der Waals surface area contributed by atoms with Crippen LogP contribution in [-0.2, 0) is 0 Å². The first kappa shape index (κ1) is 26.2. The van der Waals surface area contributed by atoms with Crippen molar-refractivity contribution in [2.24, 2.45) is 11.6 Å². The van der Waals surface area contributed by atoms with Crippen molar-refractivity contribution in [3.05, 3.63) is 11.9 Å². The maximum absolute atomic E-state index is 8.96. The van der Waals surface area contributed by atoms with E-state index < -0.39 is 0 Å². The molecule has 0 spiro atoms. The highest BCUT2D eigenvalue weighted by Gasteiger charge is 2.06. The van der Waals surface area contributed by atoms with Gasteiger partial charge in [-0.25, -0.2) is 5.84 Å². The molecule has 162 valence electrons. The summed E-state index contributed by atoms with van der Waals surface area (Å²) in [4.78, 5) is 2.62. The first-order valence-corrected chi connectivity index (χ1v) is 11.4. The highest BCUT2D eigenvalue weighted by molar-refractivity contribution is 4.94. The molecule has 0 rings (SSSR count). The van der Waals surface area contributed by atoms with E-state index in [1.54, 1.807) is 11.2 Å². The Morgan fingerprint density at radius 3 is 1.63 bits per heavy atom. The summed E-state index contributed by atoms with van der Waals surface area (Å²) in [5, 5.41) is 10.6. The Labute approximate surface area is 169 Å². The van der Waals surface area contributed by atoms with Gasteiger partial charge in [-0.2, -0.15) is 0 Å². The molecule has 0 atom stereocenters. The first-order valence-electron chi connectivity index (χ1n) is 11.4. The molecule has 0 unspecified atom stereocenters. The zero-order chi connectivity index (χ0) is 20.2. The summed E-state index contributed by atoms with van der Waals surface area (Å²) in [5.74, 6) is 5.92. The smallest absolute Gasteiger partial charge is 0.0840 e. The third-order valence-corrected chi connectivity index (χ3v) is 5.06. The summed E-state index contributed by atoms with van der Waals surface area (Å²) >= 11 is 0. The van der Waals surface area contributed by atoms with Crippen molar-refractivity contribution in [1.29, 1.82) is 0 Å². The van der Waals surface area contributed by atoms with Gasteiger partial charge in [0.15, 0.2) is 0 Å². The summed E-state index contributed by atoms with van der Waals surface area (Å²) < 4.78 is 0. The van der Waals surface area contributed by atoms with Crippen LogP contribution in [0.15, 0.2) is 11.9 Å². The molecule has 0 saturated heterocycles. The van der Waals surface area contributed by atoms with Crippen LogP contribution < -0.4 is 11.6 Å². The summed E-state index contributed by atoms with van der Waals surface area (Å²) in [6.45, 7) is 8.67. The monoisotopic (exact) mass is 384 g/mol. The second-order valence-corrected chi connectivity index (χ2v) is 7.83. The van der Waals surface area contributed by atoms with Crippen molar-refractivity contribution >= 4 is 0 Å². The second kappa shape index (κ2) is 20.0. The molecule has 0 aromatic heterocycles. The fraction of sp³-hybridized carbons (Fsp3) is 0.909. The molecule has 0 radical (unpaired) electrons. The predicted molar refractivity (Wildman–Crippen MR) is 118 cm³/mol. The molecule has 0 heterocycles. The molecule has 0 aliphatic rings. The van der Waals surface area contributed by atoms with E-state index in [1.165, 1.54) is 90.1 Å². The minimum Gasteiger partial charge on any atom is -0.399 e. The number of nitrogens with zero attached hydrogens (tertiary/aromatic N) is 2. The van der Waals surface area contributed by atoms with Crippen LogP contribution in [0.4, 0.5) is 0 Å². The minimum absolute atomic E-state index is 0.143. The van der Waals surface area contributed by atoms with Gasteiger partial charge in [-0.15, -0.1) is 0 Å².